The number of likely N-dealkylation sites (tertiary alicyclic amines) is 1. The highest BCUT2D eigenvalue weighted by Gasteiger charge is 2.26. The van der Waals surface area contributed by atoms with Gasteiger partial charge in [-0.05, 0) is 31.1 Å². The lowest BCUT2D eigenvalue weighted by Gasteiger charge is -2.17. The number of nitrogens with zero attached hydrogens (tertiary/aromatic N) is 1. The lowest BCUT2D eigenvalue weighted by molar-refractivity contribution is -0.130. The molecule has 3 heteroatoms. The Morgan fingerprint density at radius 2 is 1.88 bits per heavy atom. The van der Waals surface area contributed by atoms with Crippen LogP contribution in [0.15, 0.2) is 0 Å². The Morgan fingerprint density at radius 3 is 2.59 bits per heavy atom. The molecular formula is C14H24BrNO. The number of rotatable bonds is 5. The van der Waals surface area contributed by atoms with E-state index in [4.69, 9.17) is 0 Å². The molecule has 1 aliphatic heterocycles. The van der Waals surface area contributed by atoms with Crippen LogP contribution in [0.5, 0.6) is 0 Å². The molecule has 2 aliphatic rings. The molecule has 17 heavy (non-hydrogen) atoms. The Bertz CT molecular complexity index is 251. The summed E-state index contributed by atoms with van der Waals surface area (Å²) in [5.41, 5.74) is 0. The van der Waals surface area contributed by atoms with Crippen LogP contribution in [0.4, 0.5) is 0 Å². The van der Waals surface area contributed by atoms with Crippen LogP contribution in [-0.4, -0.2) is 29.2 Å². The average Bonchev–Trinajstić information content (AvgIpc) is 2.97. The molecule has 1 saturated heterocycles. The second kappa shape index (κ2) is 6.77. The predicted octanol–water partition coefficient (Wildman–Crippen LogP) is 3.59. The Labute approximate surface area is 113 Å². The molecule has 0 aromatic heterocycles. The summed E-state index contributed by atoms with van der Waals surface area (Å²) < 4.78 is 0. The van der Waals surface area contributed by atoms with Crippen molar-refractivity contribution in [3.8, 4) is 0 Å². The summed E-state index contributed by atoms with van der Waals surface area (Å²) in [7, 11) is 0. The molecule has 0 aromatic carbocycles. The van der Waals surface area contributed by atoms with Crippen molar-refractivity contribution in [3.05, 3.63) is 0 Å². The van der Waals surface area contributed by atoms with E-state index >= 15 is 0 Å². The van der Waals surface area contributed by atoms with Gasteiger partial charge >= 0.3 is 0 Å². The minimum absolute atomic E-state index is 0.411. The van der Waals surface area contributed by atoms with Crippen LogP contribution in [0.1, 0.15) is 51.4 Å². The van der Waals surface area contributed by atoms with Gasteiger partial charge in [0.2, 0.25) is 5.91 Å². The largest absolute Gasteiger partial charge is 0.342 e. The molecule has 0 bridgehead atoms. The molecule has 1 heterocycles. The zero-order valence-corrected chi connectivity index (χ0v) is 12.3. The SMILES string of the molecule is O=C(CCC1CCCC1)N1CCC(CCBr)C1. The standard InChI is InChI=1S/C14H24BrNO/c15-9-7-13-8-10-16(11-13)14(17)6-5-12-3-1-2-4-12/h12-13H,1-11H2. The van der Waals surface area contributed by atoms with Crippen LogP contribution < -0.4 is 0 Å². The third-order valence-corrected chi connectivity index (χ3v) is 4.85. The number of carbonyl (C=O) groups is 1. The lowest BCUT2D eigenvalue weighted by Crippen LogP contribution is -2.28. The summed E-state index contributed by atoms with van der Waals surface area (Å²) in [5.74, 6) is 2.00. The molecule has 2 nitrogen and oxygen atoms in total. The highest BCUT2D eigenvalue weighted by atomic mass is 79.9. The van der Waals surface area contributed by atoms with Crippen molar-refractivity contribution in [2.45, 2.75) is 51.4 Å². The Hall–Kier alpha value is -0.0500. The van der Waals surface area contributed by atoms with E-state index in [2.05, 4.69) is 20.8 Å². The van der Waals surface area contributed by atoms with E-state index in [1.165, 1.54) is 38.5 Å². The number of hydrogen-bond acceptors (Lipinski definition) is 1. The highest BCUT2D eigenvalue weighted by molar-refractivity contribution is 9.09. The molecule has 1 amide bonds. The van der Waals surface area contributed by atoms with Crippen LogP contribution in [0.25, 0.3) is 0 Å². The van der Waals surface area contributed by atoms with Crippen molar-refractivity contribution in [3.63, 3.8) is 0 Å². The third kappa shape index (κ3) is 3.97. The van der Waals surface area contributed by atoms with Crippen LogP contribution in [0, 0.1) is 11.8 Å². The van der Waals surface area contributed by atoms with E-state index in [0.717, 1.165) is 43.1 Å². The Morgan fingerprint density at radius 1 is 1.12 bits per heavy atom. The van der Waals surface area contributed by atoms with Gasteiger partial charge in [-0.1, -0.05) is 41.6 Å². The summed E-state index contributed by atoms with van der Waals surface area (Å²) in [4.78, 5) is 14.2. The molecule has 0 radical (unpaired) electrons. The number of hydrogen-bond donors (Lipinski definition) is 0. The van der Waals surface area contributed by atoms with Gasteiger partial charge in [-0.25, -0.2) is 0 Å². The zero-order valence-electron chi connectivity index (χ0n) is 10.7. The van der Waals surface area contributed by atoms with Crippen molar-refractivity contribution < 1.29 is 4.79 Å². The fourth-order valence-corrected chi connectivity index (χ4v) is 3.88. The Balaban J connectivity index is 1.66. The first-order valence-corrected chi connectivity index (χ1v) is 8.25. The van der Waals surface area contributed by atoms with E-state index in [9.17, 15) is 4.79 Å². The molecule has 2 rings (SSSR count). The monoisotopic (exact) mass is 301 g/mol. The minimum Gasteiger partial charge on any atom is -0.342 e. The second-order valence-corrected chi connectivity index (χ2v) is 6.45. The molecule has 98 valence electrons. The maximum absolute atomic E-state index is 12.1. The van der Waals surface area contributed by atoms with E-state index in [0.29, 0.717) is 5.91 Å². The zero-order chi connectivity index (χ0) is 12.1. The van der Waals surface area contributed by atoms with Crippen molar-refractivity contribution in [1.29, 1.82) is 0 Å². The second-order valence-electron chi connectivity index (χ2n) is 5.66. The van der Waals surface area contributed by atoms with E-state index in [-0.39, 0.29) is 0 Å². The van der Waals surface area contributed by atoms with Gasteiger partial charge in [0, 0.05) is 24.8 Å². The fraction of sp³-hybridized carbons (Fsp3) is 0.929. The molecule has 1 unspecified atom stereocenters. The first-order valence-electron chi connectivity index (χ1n) is 7.13. The van der Waals surface area contributed by atoms with E-state index < -0.39 is 0 Å². The first-order chi connectivity index (χ1) is 8.29. The van der Waals surface area contributed by atoms with Crippen molar-refractivity contribution >= 4 is 21.8 Å². The van der Waals surface area contributed by atoms with Crippen molar-refractivity contribution in [2.75, 3.05) is 18.4 Å². The molecule has 1 atom stereocenters. The van der Waals surface area contributed by atoms with E-state index in [1.54, 1.807) is 0 Å². The van der Waals surface area contributed by atoms with Gasteiger partial charge in [-0.2, -0.15) is 0 Å². The maximum atomic E-state index is 12.1. The number of carbonyl (C=O) groups excluding carboxylic acids is 1. The summed E-state index contributed by atoms with van der Waals surface area (Å²) in [6.07, 6.45) is 9.85. The predicted molar refractivity (Wildman–Crippen MR) is 74.3 cm³/mol. The van der Waals surface area contributed by atoms with Crippen LogP contribution in [-0.2, 0) is 4.79 Å². The molecule has 2 fully saturated rings. The summed E-state index contributed by atoms with van der Waals surface area (Å²) in [6.45, 7) is 2.01. The molecule has 0 N–H and O–H groups in total. The third-order valence-electron chi connectivity index (χ3n) is 4.40. The van der Waals surface area contributed by atoms with Gasteiger partial charge in [-0.15, -0.1) is 0 Å². The molecular weight excluding hydrogens is 278 g/mol. The van der Waals surface area contributed by atoms with Gasteiger partial charge in [-0.3, -0.25) is 4.79 Å². The number of halogens is 1. The summed E-state index contributed by atoms with van der Waals surface area (Å²) in [6, 6.07) is 0. The van der Waals surface area contributed by atoms with Crippen molar-refractivity contribution in [2.24, 2.45) is 11.8 Å². The first kappa shape index (κ1) is 13.4. The smallest absolute Gasteiger partial charge is 0.222 e. The fourth-order valence-electron chi connectivity index (χ4n) is 3.23. The van der Waals surface area contributed by atoms with Gasteiger partial charge in [0.25, 0.3) is 0 Å². The summed E-state index contributed by atoms with van der Waals surface area (Å²) >= 11 is 3.49. The molecule has 0 aromatic rings. The van der Waals surface area contributed by atoms with E-state index in [1.807, 2.05) is 0 Å². The van der Waals surface area contributed by atoms with Gasteiger partial charge in [0.1, 0.15) is 0 Å². The quantitative estimate of drug-likeness (QED) is 0.711. The van der Waals surface area contributed by atoms with Crippen LogP contribution >= 0.6 is 15.9 Å². The number of amides is 1. The van der Waals surface area contributed by atoms with Gasteiger partial charge < -0.3 is 4.90 Å². The maximum Gasteiger partial charge on any atom is 0.222 e. The van der Waals surface area contributed by atoms with Crippen LogP contribution in [0.3, 0.4) is 0 Å². The molecule has 0 spiro atoms. The molecule has 1 saturated carbocycles. The normalized spacial score (nSPS) is 25.7. The molecule has 1 aliphatic carbocycles. The van der Waals surface area contributed by atoms with Gasteiger partial charge in [0.05, 0.1) is 0 Å². The summed E-state index contributed by atoms with van der Waals surface area (Å²) in [5, 5.41) is 1.07. The highest BCUT2D eigenvalue weighted by Crippen LogP contribution is 2.29. The van der Waals surface area contributed by atoms with Crippen molar-refractivity contribution in [1.82, 2.24) is 4.90 Å². The van der Waals surface area contributed by atoms with Crippen LogP contribution in [0.2, 0.25) is 0 Å². The van der Waals surface area contributed by atoms with Gasteiger partial charge in [0.15, 0.2) is 0 Å². The lowest BCUT2D eigenvalue weighted by atomic mass is 10.0. The number of alkyl halides is 1. The minimum atomic E-state index is 0.411. The Kier molecular flexibility index (Phi) is 5.33. The topological polar surface area (TPSA) is 20.3 Å². The average molecular weight is 302 g/mol.